The van der Waals surface area contributed by atoms with E-state index in [1.54, 1.807) is 11.3 Å². The number of hydrogen-bond acceptors (Lipinski definition) is 4. The van der Waals surface area contributed by atoms with E-state index in [9.17, 15) is 4.79 Å². The van der Waals surface area contributed by atoms with Crippen molar-refractivity contribution in [1.82, 2.24) is 9.88 Å². The second kappa shape index (κ2) is 4.87. The number of carbonyl (C=O) groups excluding carboxylic acids is 1. The molecule has 1 saturated carbocycles. The third-order valence-electron chi connectivity index (χ3n) is 4.27. The molecule has 1 aliphatic carbocycles. The highest BCUT2D eigenvalue weighted by Gasteiger charge is 2.34. The molecule has 1 amide bonds. The van der Waals surface area contributed by atoms with Crippen LogP contribution >= 0.6 is 11.3 Å². The van der Waals surface area contributed by atoms with Gasteiger partial charge in [0, 0.05) is 25.0 Å². The first-order valence-electron chi connectivity index (χ1n) is 7.09. The van der Waals surface area contributed by atoms with E-state index in [-0.39, 0.29) is 18.0 Å². The van der Waals surface area contributed by atoms with E-state index in [1.807, 2.05) is 18.7 Å². The number of aromatic nitrogens is 1. The molecule has 0 bridgehead atoms. The molecule has 2 N–H and O–H groups in total. The quantitative estimate of drug-likeness (QED) is 0.920. The summed E-state index contributed by atoms with van der Waals surface area (Å²) in [5.41, 5.74) is 6.88. The molecular formula is C14H21N3OS. The molecule has 5 heteroatoms. The number of aryl methyl sites for hydroxylation is 1. The lowest BCUT2D eigenvalue weighted by molar-refractivity contribution is 0.0746. The summed E-state index contributed by atoms with van der Waals surface area (Å²) in [7, 11) is 0. The van der Waals surface area contributed by atoms with Crippen LogP contribution in [0.1, 0.15) is 46.6 Å². The van der Waals surface area contributed by atoms with Gasteiger partial charge in [0.15, 0.2) is 0 Å². The van der Waals surface area contributed by atoms with E-state index in [2.05, 4.69) is 4.98 Å². The van der Waals surface area contributed by atoms with Gasteiger partial charge in [-0.25, -0.2) is 4.98 Å². The summed E-state index contributed by atoms with van der Waals surface area (Å²) in [6.07, 6.45) is 4.59. The Morgan fingerprint density at radius 1 is 1.47 bits per heavy atom. The zero-order valence-electron chi connectivity index (χ0n) is 11.6. The lowest BCUT2D eigenvalue weighted by Gasteiger charge is -2.22. The van der Waals surface area contributed by atoms with Crippen molar-refractivity contribution in [2.24, 2.45) is 11.7 Å². The van der Waals surface area contributed by atoms with Crippen LogP contribution in [0.4, 0.5) is 0 Å². The topological polar surface area (TPSA) is 59.2 Å². The molecule has 3 rings (SSSR count). The minimum atomic E-state index is 0.114. The van der Waals surface area contributed by atoms with Gasteiger partial charge in [0.25, 0.3) is 5.91 Å². The summed E-state index contributed by atoms with van der Waals surface area (Å²) in [4.78, 5) is 19.9. The number of nitrogens with zero attached hydrogens (tertiary/aromatic N) is 2. The van der Waals surface area contributed by atoms with Crippen molar-refractivity contribution < 1.29 is 4.79 Å². The Morgan fingerprint density at radius 3 is 2.79 bits per heavy atom. The first kappa shape index (κ1) is 13.1. The third-order valence-corrected chi connectivity index (χ3v) is 5.44. The van der Waals surface area contributed by atoms with E-state index in [1.165, 1.54) is 12.8 Å². The van der Waals surface area contributed by atoms with Crippen molar-refractivity contribution in [2.75, 3.05) is 6.54 Å². The lowest BCUT2D eigenvalue weighted by Crippen LogP contribution is -2.40. The van der Waals surface area contributed by atoms with Gasteiger partial charge >= 0.3 is 0 Å². The molecule has 2 aliphatic rings. The van der Waals surface area contributed by atoms with Crippen LogP contribution in [0.2, 0.25) is 0 Å². The summed E-state index contributed by atoms with van der Waals surface area (Å²) in [6.45, 7) is 4.76. The molecular weight excluding hydrogens is 258 g/mol. The van der Waals surface area contributed by atoms with Gasteiger partial charge in [-0.05, 0) is 39.0 Å². The standard InChI is InChI=1S/C14H21N3OS/c1-8-13(19-12(16-8)7-10-3-4-10)14(18)17-6-5-11(15)9(17)2/h9-11H,3-7,15H2,1-2H3/t9-,11-/m0/s1. The molecule has 0 aromatic carbocycles. The van der Waals surface area contributed by atoms with Crippen LogP contribution in [0.3, 0.4) is 0 Å². The van der Waals surface area contributed by atoms with Crippen LogP contribution < -0.4 is 5.73 Å². The Bertz CT molecular complexity index is 495. The Labute approximate surface area is 118 Å². The molecule has 104 valence electrons. The van der Waals surface area contributed by atoms with E-state index in [0.717, 1.165) is 40.9 Å². The summed E-state index contributed by atoms with van der Waals surface area (Å²) >= 11 is 1.58. The van der Waals surface area contributed by atoms with Gasteiger partial charge in [-0.15, -0.1) is 11.3 Å². The van der Waals surface area contributed by atoms with Crippen molar-refractivity contribution in [3.05, 3.63) is 15.6 Å². The van der Waals surface area contributed by atoms with Crippen molar-refractivity contribution in [3.63, 3.8) is 0 Å². The van der Waals surface area contributed by atoms with Gasteiger partial charge in [0.05, 0.1) is 10.7 Å². The first-order chi connectivity index (χ1) is 9.06. The van der Waals surface area contributed by atoms with Crippen LogP contribution in [0, 0.1) is 12.8 Å². The van der Waals surface area contributed by atoms with Crippen molar-refractivity contribution >= 4 is 17.2 Å². The fourth-order valence-corrected chi connectivity index (χ4v) is 3.82. The lowest BCUT2D eigenvalue weighted by atomic mass is 10.2. The van der Waals surface area contributed by atoms with Gasteiger partial charge in [0.1, 0.15) is 4.88 Å². The second-order valence-electron chi connectivity index (χ2n) is 5.86. The molecule has 0 unspecified atom stereocenters. The largest absolute Gasteiger partial charge is 0.334 e. The molecule has 1 aromatic heterocycles. The third kappa shape index (κ3) is 2.54. The molecule has 1 saturated heterocycles. The summed E-state index contributed by atoms with van der Waals surface area (Å²) in [6, 6.07) is 0.254. The number of carbonyl (C=O) groups is 1. The van der Waals surface area contributed by atoms with Crippen molar-refractivity contribution in [2.45, 2.75) is 51.6 Å². The van der Waals surface area contributed by atoms with E-state index in [4.69, 9.17) is 5.73 Å². The predicted molar refractivity (Wildman–Crippen MR) is 76.4 cm³/mol. The van der Waals surface area contributed by atoms with Crippen LogP contribution in [-0.2, 0) is 6.42 Å². The zero-order chi connectivity index (χ0) is 13.6. The molecule has 2 atom stereocenters. The molecule has 1 aliphatic heterocycles. The van der Waals surface area contributed by atoms with Gasteiger partial charge < -0.3 is 10.6 Å². The molecule has 2 fully saturated rings. The molecule has 4 nitrogen and oxygen atoms in total. The molecule has 1 aromatic rings. The number of nitrogens with two attached hydrogens (primary N) is 1. The van der Waals surface area contributed by atoms with Crippen LogP contribution in [-0.4, -0.2) is 34.4 Å². The normalized spacial score (nSPS) is 27.0. The summed E-state index contributed by atoms with van der Waals surface area (Å²) in [5, 5.41) is 1.12. The van der Waals surface area contributed by atoms with Crippen LogP contribution in [0.5, 0.6) is 0 Å². The Kier molecular flexibility index (Phi) is 3.35. The highest BCUT2D eigenvalue weighted by Crippen LogP contribution is 2.34. The van der Waals surface area contributed by atoms with Crippen molar-refractivity contribution in [3.8, 4) is 0 Å². The van der Waals surface area contributed by atoms with Gasteiger partial charge in [-0.3, -0.25) is 4.79 Å². The number of rotatable bonds is 3. The highest BCUT2D eigenvalue weighted by atomic mass is 32.1. The smallest absolute Gasteiger partial charge is 0.266 e. The van der Waals surface area contributed by atoms with E-state index >= 15 is 0 Å². The monoisotopic (exact) mass is 279 g/mol. The summed E-state index contributed by atoms with van der Waals surface area (Å²) < 4.78 is 0. The second-order valence-corrected chi connectivity index (χ2v) is 6.94. The number of hydrogen-bond donors (Lipinski definition) is 1. The van der Waals surface area contributed by atoms with Gasteiger partial charge in [0.2, 0.25) is 0 Å². The highest BCUT2D eigenvalue weighted by molar-refractivity contribution is 7.13. The molecule has 0 spiro atoms. The molecule has 2 heterocycles. The predicted octanol–water partition coefficient (Wildman–Crippen LogP) is 1.97. The Morgan fingerprint density at radius 2 is 2.21 bits per heavy atom. The van der Waals surface area contributed by atoms with Crippen LogP contribution in [0.15, 0.2) is 0 Å². The first-order valence-corrected chi connectivity index (χ1v) is 7.90. The minimum Gasteiger partial charge on any atom is -0.334 e. The average Bonchev–Trinajstić information content (AvgIpc) is 3.02. The fraction of sp³-hybridized carbons (Fsp3) is 0.714. The maximum atomic E-state index is 12.6. The Hall–Kier alpha value is -0.940. The fourth-order valence-electron chi connectivity index (χ4n) is 2.69. The van der Waals surface area contributed by atoms with Crippen molar-refractivity contribution in [1.29, 1.82) is 0 Å². The van der Waals surface area contributed by atoms with Gasteiger partial charge in [-0.2, -0.15) is 0 Å². The van der Waals surface area contributed by atoms with E-state index in [0.29, 0.717) is 0 Å². The molecule has 19 heavy (non-hydrogen) atoms. The molecule has 0 radical (unpaired) electrons. The van der Waals surface area contributed by atoms with Gasteiger partial charge in [-0.1, -0.05) is 0 Å². The SMILES string of the molecule is Cc1nc(CC2CC2)sc1C(=O)N1CC[C@H](N)[C@@H]1C. The minimum absolute atomic E-state index is 0.114. The number of likely N-dealkylation sites (tertiary alicyclic amines) is 1. The van der Waals surface area contributed by atoms with Crippen LogP contribution in [0.25, 0.3) is 0 Å². The average molecular weight is 279 g/mol. The maximum Gasteiger partial charge on any atom is 0.266 e. The maximum absolute atomic E-state index is 12.6. The zero-order valence-corrected chi connectivity index (χ0v) is 12.4. The Balaban J connectivity index is 1.77. The number of amides is 1. The van der Waals surface area contributed by atoms with E-state index < -0.39 is 0 Å². The number of thiazole rings is 1. The summed E-state index contributed by atoms with van der Waals surface area (Å²) in [5.74, 6) is 0.935.